The highest BCUT2D eigenvalue weighted by molar-refractivity contribution is 5.89. The van der Waals surface area contributed by atoms with E-state index >= 15 is 4.39 Å². The molecule has 1 amide bonds. The van der Waals surface area contributed by atoms with Gasteiger partial charge in [0.1, 0.15) is 11.6 Å². The predicted molar refractivity (Wildman–Crippen MR) is 146 cm³/mol. The minimum Gasteiger partial charge on any atom is -0.475 e. The van der Waals surface area contributed by atoms with Crippen molar-refractivity contribution in [3.8, 4) is 11.3 Å². The number of aliphatic carboxylic acids is 1. The molecule has 1 saturated heterocycles. The molecule has 3 aromatic heterocycles. The maximum atomic E-state index is 15.1. The van der Waals surface area contributed by atoms with Crippen LogP contribution in [0.5, 0.6) is 0 Å². The van der Waals surface area contributed by atoms with Crippen molar-refractivity contribution >= 4 is 23.2 Å². The van der Waals surface area contributed by atoms with Crippen molar-refractivity contribution in [2.24, 2.45) is 0 Å². The topological polar surface area (TPSA) is 142 Å². The summed E-state index contributed by atoms with van der Waals surface area (Å²) in [6, 6.07) is 6.75. The molecule has 43 heavy (non-hydrogen) atoms. The number of halogens is 4. The largest absolute Gasteiger partial charge is 0.490 e. The molecule has 0 aliphatic carbocycles. The molecular weight excluding hydrogens is 576 g/mol. The van der Waals surface area contributed by atoms with Crippen molar-refractivity contribution in [3.05, 3.63) is 59.8 Å². The first-order chi connectivity index (χ1) is 20.1. The van der Waals surface area contributed by atoms with Crippen LogP contribution in [0.4, 0.5) is 23.4 Å². The fraction of sp³-hybridized carbons (Fsp3) is 0.407. The van der Waals surface area contributed by atoms with Gasteiger partial charge in [0.15, 0.2) is 5.82 Å². The normalized spacial score (nSPS) is 14.4. The first-order valence-electron chi connectivity index (χ1n) is 13.1. The number of alkyl halides is 3. The molecule has 4 heterocycles. The summed E-state index contributed by atoms with van der Waals surface area (Å²) in [5.74, 6) is -2.67. The van der Waals surface area contributed by atoms with Gasteiger partial charge in [0.25, 0.3) is 0 Å². The molecule has 0 unspecified atom stereocenters. The van der Waals surface area contributed by atoms with E-state index in [0.29, 0.717) is 22.6 Å². The number of carboxylic acid groups (broad SMARTS) is 1. The Hall–Kier alpha value is -4.60. The van der Waals surface area contributed by atoms with Gasteiger partial charge in [0, 0.05) is 49.3 Å². The number of likely N-dealkylation sites (N-methyl/N-ethyl adjacent to an activating group) is 1. The zero-order valence-electron chi connectivity index (χ0n) is 23.8. The molecule has 0 atom stereocenters. The fourth-order valence-corrected chi connectivity index (χ4v) is 4.02. The van der Waals surface area contributed by atoms with Crippen LogP contribution in [0.3, 0.4) is 0 Å². The quantitative estimate of drug-likeness (QED) is 0.324. The fourth-order valence-electron chi connectivity index (χ4n) is 4.02. The Bertz CT molecular complexity index is 1600. The van der Waals surface area contributed by atoms with Gasteiger partial charge in [0.2, 0.25) is 0 Å². The van der Waals surface area contributed by atoms with E-state index in [9.17, 15) is 18.0 Å². The number of fused-ring (bicyclic) bond motifs is 1. The summed E-state index contributed by atoms with van der Waals surface area (Å²) in [5, 5.41) is 18.0. The van der Waals surface area contributed by atoms with E-state index in [1.807, 2.05) is 33.0 Å². The first kappa shape index (κ1) is 31.3. The number of hydrogen-bond acceptors (Lipinski definition) is 9. The van der Waals surface area contributed by atoms with Crippen LogP contribution in [0.1, 0.15) is 42.8 Å². The van der Waals surface area contributed by atoms with Crippen LogP contribution in [0.2, 0.25) is 0 Å². The van der Waals surface area contributed by atoms with E-state index in [1.165, 1.54) is 6.07 Å². The Kier molecular flexibility index (Phi) is 8.98. The molecule has 1 aliphatic heterocycles. The molecule has 0 saturated carbocycles. The van der Waals surface area contributed by atoms with Gasteiger partial charge in [-0.25, -0.2) is 18.7 Å². The molecule has 12 nitrogen and oxygen atoms in total. The second-order valence-corrected chi connectivity index (χ2v) is 10.9. The van der Waals surface area contributed by atoms with Crippen molar-refractivity contribution in [2.75, 3.05) is 38.1 Å². The Balaban J connectivity index is 0.000000541. The summed E-state index contributed by atoms with van der Waals surface area (Å²) < 4.78 is 53.7. The number of anilines is 1. The second-order valence-electron chi connectivity index (χ2n) is 10.9. The van der Waals surface area contributed by atoms with Gasteiger partial charge in [-0.3, -0.25) is 4.79 Å². The van der Waals surface area contributed by atoms with Crippen molar-refractivity contribution in [3.63, 3.8) is 0 Å². The number of benzene rings is 1. The maximum absolute atomic E-state index is 15.1. The van der Waals surface area contributed by atoms with Gasteiger partial charge in [-0.1, -0.05) is 38.1 Å². The van der Waals surface area contributed by atoms with E-state index < -0.39 is 23.9 Å². The standard InChI is InChI=1S/C25H29FN8O2.C2HF3O2/c1-25(2,3)24-30-23(36-31-24)22(35)27-14-17-6-5-16(13-18(17)26)21-19-7-8-28-34(19)15-20(29-21)33-11-9-32(4)10-12-33;3-2(4,5)1(6)7/h5-8,13,15H,9-12,14H2,1-4H3,(H,27,35);(H,6,7). The second kappa shape index (κ2) is 12.3. The third-order valence-corrected chi connectivity index (χ3v) is 6.50. The van der Waals surface area contributed by atoms with Crippen molar-refractivity contribution in [2.45, 2.75) is 38.9 Å². The van der Waals surface area contributed by atoms with E-state index in [1.54, 1.807) is 22.8 Å². The van der Waals surface area contributed by atoms with Crippen LogP contribution in [0.15, 0.2) is 41.2 Å². The molecular formula is C27H30F4N8O4. The van der Waals surface area contributed by atoms with Crippen LogP contribution in [0.25, 0.3) is 16.8 Å². The molecule has 1 aliphatic rings. The molecule has 0 bridgehead atoms. The molecule has 1 aromatic carbocycles. The van der Waals surface area contributed by atoms with Crippen molar-refractivity contribution < 1.29 is 36.8 Å². The predicted octanol–water partition coefficient (Wildman–Crippen LogP) is 3.53. The zero-order valence-corrected chi connectivity index (χ0v) is 23.8. The number of hydrogen-bond donors (Lipinski definition) is 2. The highest BCUT2D eigenvalue weighted by atomic mass is 19.4. The summed E-state index contributed by atoms with van der Waals surface area (Å²) in [6.45, 7) is 9.36. The Morgan fingerprint density at radius 1 is 1.07 bits per heavy atom. The summed E-state index contributed by atoms with van der Waals surface area (Å²) in [5.41, 5.74) is 2.07. The summed E-state index contributed by atoms with van der Waals surface area (Å²) >= 11 is 0. The Labute approximate surface area is 243 Å². The smallest absolute Gasteiger partial charge is 0.475 e. The number of piperazine rings is 1. The minimum atomic E-state index is -5.08. The number of carbonyl (C=O) groups excluding carboxylic acids is 1. The number of amides is 1. The lowest BCUT2D eigenvalue weighted by Crippen LogP contribution is -2.44. The monoisotopic (exact) mass is 606 g/mol. The molecule has 230 valence electrons. The zero-order chi connectivity index (χ0) is 31.5. The molecule has 4 aromatic rings. The van der Waals surface area contributed by atoms with Crippen LogP contribution in [-0.2, 0) is 16.8 Å². The highest BCUT2D eigenvalue weighted by Gasteiger charge is 2.38. The lowest BCUT2D eigenvalue weighted by Gasteiger charge is -2.33. The highest BCUT2D eigenvalue weighted by Crippen LogP contribution is 2.28. The summed E-state index contributed by atoms with van der Waals surface area (Å²) in [7, 11) is 2.10. The molecule has 1 fully saturated rings. The third-order valence-electron chi connectivity index (χ3n) is 6.50. The summed E-state index contributed by atoms with van der Waals surface area (Å²) in [4.78, 5) is 34.8. The van der Waals surface area contributed by atoms with E-state index in [0.717, 1.165) is 37.5 Å². The van der Waals surface area contributed by atoms with E-state index in [2.05, 4.69) is 37.4 Å². The molecule has 16 heteroatoms. The lowest BCUT2D eigenvalue weighted by atomic mass is 9.96. The van der Waals surface area contributed by atoms with Gasteiger partial charge in [-0.15, -0.1) is 0 Å². The maximum Gasteiger partial charge on any atom is 0.490 e. The van der Waals surface area contributed by atoms with Crippen molar-refractivity contribution in [1.29, 1.82) is 0 Å². The number of carbonyl (C=O) groups is 2. The van der Waals surface area contributed by atoms with Crippen LogP contribution < -0.4 is 10.2 Å². The molecule has 0 radical (unpaired) electrons. The van der Waals surface area contributed by atoms with Gasteiger partial charge < -0.3 is 24.7 Å². The molecule has 2 N–H and O–H groups in total. The Morgan fingerprint density at radius 3 is 2.33 bits per heavy atom. The number of carboxylic acids is 1. The lowest BCUT2D eigenvalue weighted by molar-refractivity contribution is -0.192. The van der Waals surface area contributed by atoms with Crippen LogP contribution in [0, 0.1) is 5.82 Å². The van der Waals surface area contributed by atoms with Gasteiger partial charge in [-0.2, -0.15) is 23.3 Å². The van der Waals surface area contributed by atoms with Gasteiger partial charge >= 0.3 is 23.9 Å². The molecule has 5 rings (SSSR count). The third kappa shape index (κ3) is 7.63. The molecule has 0 spiro atoms. The van der Waals surface area contributed by atoms with Crippen molar-refractivity contribution in [1.82, 2.24) is 35.0 Å². The Morgan fingerprint density at radius 2 is 1.74 bits per heavy atom. The van der Waals surface area contributed by atoms with E-state index in [-0.39, 0.29) is 17.9 Å². The van der Waals surface area contributed by atoms with Gasteiger partial charge in [0.05, 0.1) is 23.6 Å². The summed E-state index contributed by atoms with van der Waals surface area (Å²) in [6.07, 6.45) is -1.47. The van der Waals surface area contributed by atoms with Crippen LogP contribution >= 0.6 is 0 Å². The SMILES string of the molecule is CN1CCN(c2cn3nccc3c(-c3ccc(CNC(=O)c4nc(C(C)(C)C)no4)c(F)c3)n2)CC1.O=C(O)C(F)(F)F. The number of aromatic nitrogens is 5. The average molecular weight is 607 g/mol. The first-order valence-corrected chi connectivity index (χ1v) is 13.1. The van der Waals surface area contributed by atoms with E-state index in [4.69, 9.17) is 19.4 Å². The van der Waals surface area contributed by atoms with Crippen LogP contribution in [-0.4, -0.2) is 86.0 Å². The number of nitrogens with zero attached hydrogens (tertiary/aromatic N) is 7. The minimum absolute atomic E-state index is 0.0188. The number of nitrogens with one attached hydrogen (secondary N) is 1. The number of rotatable bonds is 5. The average Bonchev–Trinajstić information content (AvgIpc) is 3.62. The van der Waals surface area contributed by atoms with Gasteiger partial charge in [-0.05, 0) is 19.2 Å².